The maximum Gasteiger partial charge on any atom is 0.420 e. The molecule has 1 unspecified atom stereocenters. The fourth-order valence-corrected chi connectivity index (χ4v) is 2.74. The van der Waals surface area contributed by atoms with Crippen LogP contribution in [-0.4, -0.2) is 36.3 Å². The Labute approximate surface area is 152 Å². The first kappa shape index (κ1) is 18.5. The van der Waals surface area contributed by atoms with Crippen molar-refractivity contribution in [3.63, 3.8) is 0 Å². The van der Waals surface area contributed by atoms with E-state index in [1.54, 1.807) is 12.1 Å². The summed E-state index contributed by atoms with van der Waals surface area (Å²) < 4.78 is 48.8. The molecule has 1 atom stereocenters. The first-order valence-electron chi connectivity index (χ1n) is 7.76. The molecule has 3 rings (SSSR count). The maximum atomic E-state index is 12.7. The lowest BCUT2D eigenvalue weighted by Gasteiger charge is -2.16. The predicted molar refractivity (Wildman–Crippen MR) is 91.2 cm³/mol. The van der Waals surface area contributed by atoms with E-state index in [4.69, 9.17) is 21.1 Å². The van der Waals surface area contributed by atoms with Gasteiger partial charge in [-0.3, -0.25) is 0 Å². The highest BCUT2D eigenvalue weighted by molar-refractivity contribution is 6.30. The average molecular weight is 389 g/mol. The number of rotatable bonds is 5. The number of benzene rings is 1. The summed E-state index contributed by atoms with van der Waals surface area (Å²) in [5.74, 6) is 0.416. The summed E-state index contributed by atoms with van der Waals surface area (Å²) in [6.07, 6.45) is -3.05. The van der Waals surface area contributed by atoms with Gasteiger partial charge in [-0.05, 0) is 18.6 Å². The molecule has 2 aromatic rings. The summed E-state index contributed by atoms with van der Waals surface area (Å²) in [6, 6.07) is 5.53. The van der Waals surface area contributed by atoms with Crippen LogP contribution in [0.3, 0.4) is 0 Å². The molecule has 0 amide bonds. The molecule has 26 heavy (non-hydrogen) atoms. The monoisotopic (exact) mass is 388 g/mol. The quantitative estimate of drug-likeness (QED) is 0.751. The van der Waals surface area contributed by atoms with Gasteiger partial charge in [-0.2, -0.15) is 13.2 Å². The summed E-state index contributed by atoms with van der Waals surface area (Å²) >= 11 is 5.61. The van der Waals surface area contributed by atoms with Crippen LogP contribution < -0.4 is 15.4 Å². The van der Waals surface area contributed by atoms with Gasteiger partial charge in [0.1, 0.15) is 16.5 Å². The lowest BCUT2D eigenvalue weighted by molar-refractivity contribution is -0.137. The van der Waals surface area contributed by atoms with E-state index in [-0.39, 0.29) is 12.0 Å². The van der Waals surface area contributed by atoms with Gasteiger partial charge in [-0.15, -0.1) is 0 Å². The van der Waals surface area contributed by atoms with Crippen molar-refractivity contribution in [3.8, 4) is 5.75 Å². The van der Waals surface area contributed by atoms with Crippen LogP contribution >= 0.6 is 11.6 Å². The molecule has 1 saturated heterocycles. The van der Waals surface area contributed by atoms with E-state index in [0.29, 0.717) is 24.2 Å². The third-order valence-corrected chi connectivity index (χ3v) is 4.08. The zero-order valence-electron chi connectivity index (χ0n) is 13.7. The number of nitrogens with one attached hydrogen (secondary N) is 2. The van der Waals surface area contributed by atoms with E-state index in [1.807, 2.05) is 6.07 Å². The van der Waals surface area contributed by atoms with Gasteiger partial charge in [0, 0.05) is 24.6 Å². The normalized spacial score (nSPS) is 17.2. The maximum absolute atomic E-state index is 12.7. The molecular formula is C16H16ClF3N4O2. The van der Waals surface area contributed by atoms with Crippen molar-refractivity contribution >= 4 is 28.9 Å². The van der Waals surface area contributed by atoms with Gasteiger partial charge in [0.15, 0.2) is 0 Å². The van der Waals surface area contributed by atoms with Crippen LogP contribution in [0.4, 0.5) is 30.5 Å². The Bertz CT molecular complexity index is 783. The number of hydrogen-bond acceptors (Lipinski definition) is 6. The largest absolute Gasteiger partial charge is 0.494 e. The predicted octanol–water partition coefficient (Wildman–Crippen LogP) is 4.10. The fraction of sp³-hybridized carbons (Fsp3) is 0.375. The molecule has 0 aliphatic carbocycles. The third kappa shape index (κ3) is 4.28. The van der Waals surface area contributed by atoms with Crippen LogP contribution in [0.25, 0.3) is 0 Å². The van der Waals surface area contributed by atoms with E-state index in [0.717, 1.165) is 18.7 Å². The van der Waals surface area contributed by atoms with Gasteiger partial charge in [-0.1, -0.05) is 11.6 Å². The van der Waals surface area contributed by atoms with E-state index >= 15 is 0 Å². The topological polar surface area (TPSA) is 68.3 Å². The molecule has 1 fully saturated rings. The van der Waals surface area contributed by atoms with Crippen LogP contribution in [0, 0.1) is 0 Å². The molecule has 2 N–H and O–H groups in total. The highest BCUT2D eigenvalue weighted by Crippen LogP contribution is 2.35. The van der Waals surface area contributed by atoms with Crippen LogP contribution in [-0.2, 0) is 10.9 Å². The van der Waals surface area contributed by atoms with E-state index in [2.05, 4.69) is 20.6 Å². The molecule has 2 heterocycles. The zero-order chi connectivity index (χ0) is 18.7. The lowest BCUT2D eigenvalue weighted by atomic mass is 10.2. The second-order valence-corrected chi connectivity index (χ2v) is 6.00. The molecule has 6 nitrogen and oxygen atoms in total. The van der Waals surface area contributed by atoms with Crippen molar-refractivity contribution in [3.05, 3.63) is 35.1 Å². The molecule has 1 aromatic carbocycles. The average Bonchev–Trinajstić information content (AvgIpc) is 3.08. The number of halogens is 4. The minimum Gasteiger partial charge on any atom is -0.494 e. The van der Waals surface area contributed by atoms with E-state index < -0.39 is 16.9 Å². The summed E-state index contributed by atoms with van der Waals surface area (Å²) in [6.45, 7) is 1.36. The summed E-state index contributed by atoms with van der Waals surface area (Å²) in [5, 5.41) is 5.47. The van der Waals surface area contributed by atoms with Gasteiger partial charge >= 0.3 is 6.18 Å². The van der Waals surface area contributed by atoms with Crippen LogP contribution in [0.2, 0.25) is 5.15 Å². The fourth-order valence-electron chi connectivity index (χ4n) is 2.50. The molecule has 0 bridgehead atoms. The minimum absolute atomic E-state index is 0.0637. The standard InChI is InChI=1S/C16H16ClF3N4O2/c1-25-13-6-9(22-10-4-5-26-8-10)2-3-12(13)23-15-21-7-11(14(17)24-15)16(18,19)20/h2-3,6-7,10,22H,4-5,8H2,1H3,(H,21,23,24). The Kier molecular flexibility index (Phi) is 5.38. The Hall–Kier alpha value is -2.26. The number of methoxy groups -OCH3 is 1. The zero-order valence-corrected chi connectivity index (χ0v) is 14.5. The Balaban J connectivity index is 1.77. The molecule has 10 heteroatoms. The third-order valence-electron chi connectivity index (χ3n) is 3.80. The highest BCUT2D eigenvalue weighted by atomic mass is 35.5. The Morgan fingerprint density at radius 2 is 2.15 bits per heavy atom. The highest BCUT2D eigenvalue weighted by Gasteiger charge is 2.34. The number of aromatic nitrogens is 2. The second-order valence-electron chi connectivity index (χ2n) is 5.64. The summed E-state index contributed by atoms with van der Waals surface area (Å²) in [7, 11) is 1.49. The van der Waals surface area contributed by atoms with Gasteiger partial charge in [0.2, 0.25) is 5.95 Å². The van der Waals surface area contributed by atoms with Gasteiger partial charge in [-0.25, -0.2) is 9.97 Å². The van der Waals surface area contributed by atoms with Crippen molar-refractivity contribution in [1.82, 2.24) is 9.97 Å². The molecule has 0 radical (unpaired) electrons. The van der Waals surface area contributed by atoms with E-state index in [1.165, 1.54) is 7.11 Å². The first-order valence-corrected chi connectivity index (χ1v) is 8.13. The minimum atomic E-state index is -4.61. The van der Waals surface area contributed by atoms with Crippen molar-refractivity contribution in [2.75, 3.05) is 31.0 Å². The molecular weight excluding hydrogens is 373 g/mol. The number of nitrogens with zero attached hydrogens (tertiary/aromatic N) is 2. The number of alkyl halides is 3. The van der Waals surface area contributed by atoms with Gasteiger partial charge in [0.25, 0.3) is 0 Å². The molecule has 1 aliphatic heterocycles. The summed E-state index contributed by atoms with van der Waals surface area (Å²) in [4.78, 5) is 7.32. The number of ether oxygens (including phenoxy) is 2. The van der Waals surface area contributed by atoms with Crippen molar-refractivity contribution in [1.29, 1.82) is 0 Å². The molecule has 140 valence electrons. The molecule has 0 saturated carbocycles. The van der Waals surface area contributed by atoms with Crippen LogP contribution in [0.5, 0.6) is 5.75 Å². The van der Waals surface area contributed by atoms with E-state index in [9.17, 15) is 13.2 Å². The first-order chi connectivity index (χ1) is 12.4. The van der Waals surface area contributed by atoms with Crippen molar-refractivity contribution < 1.29 is 22.6 Å². The number of anilines is 3. The van der Waals surface area contributed by atoms with Crippen molar-refractivity contribution in [2.24, 2.45) is 0 Å². The van der Waals surface area contributed by atoms with Gasteiger partial charge < -0.3 is 20.1 Å². The number of hydrogen-bond donors (Lipinski definition) is 2. The molecule has 0 spiro atoms. The van der Waals surface area contributed by atoms with Gasteiger partial charge in [0.05, 0.1) is 25.4 Å². The Morgan fingerprint density at radius 3 is 2.77 bits per heavy atom. The second kappa shape index (κ2) is 7.55. The Morgan fingerprint density at radius 1 is 1.35 bits per heavy atom. The lowest BCUT2D eigenvalue weighted by Crippen LogP contribution is -2.18. The smallest absolute Gasteiger partial charge is 0.420 e. The van der Waals surface area contributed by atoms with Crippen LogP contribution in [0.1, 0.15) is 12.0 Å². The van der Waals surface area contributed by atoms with Crippen LogP contribution in [0.15, 0.2) is 24.4 Å². The molecule has 1 aliphatic rings. The summed E-state index contributed by atoms with van der Waals surface area (Å²) in [5.41, 5.74) is 0.251. The van der Waals surface area contributed by atoms with Crippen molar-refractivity contribution in [2.45, 2.75) is 18.6 Å². The SMILES string of the molecule is COc1cc(NC2CCOC2)ccc1Nc1ncc(C(F)(F)F)c(Cl)n1. The molecule has 1 aromatic heterocycles.